The lowest BCUT2D eigenvalue weighted by Crippen LogP contribution is -2.52. The second kappa shape index (κ2) is 4.17. The highest BCUT2D eigenvalue weighted by molar-refractivity contribution is 4.89. The molecule has 0 aromatic heterocycles. The van der Waals surface area contributed by atoms with Gasteiger partial charge in [-0.3, -0.25) is 0 Å². The molecule has 3 nitrogen and oxygen atoms in total. The van der Waals surface area contributed by atoms with E-state index in [0.717, 1.165) is 25.9 Å². The highest BCUT2D eigenvalue weighted by Crippen LogP contribution is 2.29. The summed E-state index contributed by atoms with van der Waals surface area (Å²) in [5.41, 5.74) is 5.68. The molecule has 1 heterocycles. The molecule has 0 amide bonds. The Morgan fingerprint density at radius 3 is 2.14 bits per heavy atom. The number of piperidine rings is 1. The highest BCUT2D eigenvalue weighted by atomic mass is 16.5. The largest absolute Gasteiger partial charge is 0.368 e. The fraction of sp³-hybridized carbons (Fsp3) is 1.00. The molecule has 0 aromatic rings. The summed E-state index contributed by atoms with van der Waals surface area (Å²) in [5.74, 6) is 0. The van der Waals surface area contributed by atoms with Crippen LogP contribution >= 0.6 is 0 Å². The number of hydrogen-bond acceptors (Lipinski definition) is 3. The van der Waals surface area contributed by atoms with Crippen LogP contribution in [-0.4, -0.2) is 42.8 Å². The zero-order valence-corrected chi connectivity index (χ0v) is 9.97. The molecule has 1 saturated heterocycles. The van der Waals surface area contributed by atoms with Gasteiger partial charge in [-0.2, -0.15) is 0 Å². The van der Waals surface area contributed by atoms with E-state index in [1.54, 1.807) is 0 Å². The third-order valence-corrected chi connectivity index (χ3v) is 2.79. The Labute approximate surface area is 87.6 Å². The zero-order chi connectivity index (χ0) is 10.8. The van der Waals surface area contributed by atoms with Gasteiger partial charge in [-0.25, -0.2) is 0 Å². The van der Waals surface area contributed by atoms with Crippen LogP contribution in [0.1, 0.15) is 33.6 Å². The van der Waals surface area contributed by atoms with Crippen molar-refractivity contribution in [1.29, 1.82) is 0 Å². The zero-order valence-electron chi connectivity index (χ0n) is 9.97. The van der Waals surface area contributed by atoms with Crippen molar-refractivity contribution in [3.05, 3.63) is 0 Å². The maximum absolute atomic E-state index is 6.11. The predicted octanol–water partition coefficient (Wildman–Crippen LogP) is 1.22. The Morgan fingerprint density at radius 2 is 1.79 bits per heavy atom. The van der Waals surface area contributed by atoms with Crippen LogP contribution in [0.4, 0.5) is 0 Å². The molecule has 0 aromatic carbocycles. The lowest BCUT2D eigenvalue weighted by molar-refractivity contribution is -0.148. The van der Waals surface area contributed by atoms with Crippen molar-refractivity contribution in [2.24, 2.45) is 5.73 Å². The Balaban J connectivity index is 2.59. The lowest BCUT2D eigenvalue weighted by atomic mass is 9.90. The minimum atomic E-state index is -0.0880. The van der Waals surface area contributed by atoms with Gasteiger partial charge in [0, 0.05) is 19.6 Å². The number of rotatable bonds is 2. The van der Waals surface area contributed by atoms with Gasteiger partial charge in [0.15, 0.2) is 0 Å². The van der Waals surface area contributed by atoms with E-state index >= 15 is 0 Å². The predicted molar refractivity (Wildman–Crippen MR) is 59.4 cm³/mol. The molecule has 0 spiro atoms. The minimum absolute atomic E-state index is 0.0786. The van der Waals surface area contributed by atoms with Crippen molar-refractivity contribution < 1.29 is 4.74 Å². The topological polar surface area (TPSA) is 38.5 Å². The monoisotopic (exact) mass is 200 g/mol. The van der Waals surface area contributed by atoms with Crippen LogP contribution in [0, 0.1) is 0 Å². The lowest BCUT2D eigenvalue weighted by Gasteiger charge is -2.43. The van der Waals surface area contributed by atoms with Crippen LogP contribution < -0.4 is 5.73 Å². The molecule has 1 aliphatic heterocycles. The quantitative estimate of drug-likeness (QED) is 0.728. The molecule has 0 radical (unpaired) electrons. The smallest absolute Gasteiger partial charge is 0.0835 e. The van der Waals surface area contributed by atoms with E-state index < -0.39 is 0 Å². The van der Waals surface area contributed by atoms with E-state index in [4.69, 9.17) is 10.5 Å². The summed E-state index contributed by atoms with van der Waals surface area (Å²) in [7, 11) is 2.15. The standard InChI is InChI=1S/C11H24N2O/c1-10(2,3)14-11(9-12)5-7-13(4)8-6-11/h5-9,12H2,1-4H3. The molecule has 1 rings (SSSR count). The highest BCUT2D eigenvalue weighted by Gasteiger charge is 2.36. The van der Waals surface area contributed by atoms with E-state index in [-0.39, 0.29) is 11.2 Å². The van der Waals surface area contributed by atoms with Gasteiger partial charge in [0.05, 0.1) is 11.2 Å². The Kier molecular flexibility index (Phi) is 3.56. The summed E-state index contributed by atoms with van der Waals surface area (Å²) >= 11 is 0. The van der Waals surface area contributed by atoms with Gasteiger partial charge in [-0.15, -0.1) is 0 Å². The average Bonchev–Trinajstić information content (AvgIpc) is 2.07. The van der Waals surface area contributed by atoms with Gasteiger partial charge in [-0.1, -0.05) is 0 Å². The van der Waals surface area contributed by atoms with E-state index in [1.807, 2.05) is 0 Å². The molecule has 84 valence electrons. The number of likely N-dealkylation sites (tertiary alicyclic amines) is 1. The van der Waals surface area contributed by atoms with E-state index in [9.17, 15) is 0 Å². The van der Waals surface area contributed by atoms with E-state index in [0.29, 0.717) is 6.54 Å². The summed E-state index contributed by atoms with van der Waals surface area (Å²) in [4.78, 5) is 2.33. The summed E-state index contributed by atoms with van der Waals surface area (Å²) in [6.07, 6.45) is 2.11. The molecule has 0 unspecified atom stereocenters. The molecule has 14 heavy (non-hydrogen) atoms. The third kappa shape index (κ3) is 3.23. The molecule has 0 saturated carbocycles. The normalized spacial score (nSPS) is 23.8. The van der Waals surface area contributed by atoms with Crippen LogP contribution in [0.3, 0.4) is 0 Å². The number of ether oxygens (including phenoxy) is 1. The Hall–Kier alpha value is -0.120. The maximum atomic E-state index is 6.11. The fourth-order valence-corrected chi connectivity index (χ4v) is 2.02. The second-order valence-electron chi connectivity index (χ2n) is 5.40. The minimum Gasteiger partial charge on any atom is -0.368 e. The first kappa shape index (κ1) is 12.0. The van der Waals surface area contributed by atoms with E-state index in [1.165, 1.54) is 0 Å². The van der Waals surface area contributed by atoms with Crippen LogP contribution in [0.15, 0.2) is 0 Å². The first-order valence-corrected chi connectivity index (χ1v) is 5.46. The van der Waals surface area contributed by atoms with Gasteiger partial charge in [0.1, 0.15) is 0 Å². The van der Waals surface area contributed by atoms with Gasteiger partial charge in [-0.05, 0) is 40.7 Å². The molecule has 1 aliphatic rings. The molecule has 0 atom stereocenters. The molecular weight excluding hydrogens is 176 g/mol. The number of nitrogens with two attached hydrogens (primary N) is 1. The van der Waals surface area contributed by atoms with Crippen molar-refractivity contribution in [1.82, 2.24) is 4.90 Å². The first-order valence-electron chi connectivity index (χ1n) is 5.46. The first-order chi connectivity index (χ1) is 6.37. The average molecular weight is 200 g/mol. The van der Waals surface area contributed by atoms with Crippen molar-refractivity contribution >= 4 is 0 Å². The molecule has 1 fully saturated rings. The summed E-state index contributed by atoms with van der Waals surface area (Å²) in [5, 5.41) is 0. The van der Waals surface area contributed by atoms with Crippen molar-refractivity contribution in [3.8, 4) is 0 Å². The molecular formula is C11H24N2O. The van der Waals surface area contributed by atoms with Crippen LogP contribution in [-0.2, 0) is 4.74 Å². The Morgan fingerprint density at radius 1 is 1.29 bits per heavy atom. The molecule has 2 N–H and O–H groups in total. The summed E-state index contributed by atoms with van der Waals surface area (Å²) in [6.45, 7) is 9.12. The number of hydrogen-bond donors (Lipinski definition) is 1. The fourth-order valence-electron chi connectivity index (χ4n) is 2.02. The number of nitrogens with zero attached hydrogens (tertiary/aromatic N) is 1. The summed E-state index contributed by atoms with van der Waals surface area (Å²) < 4.78 is 6.11. The van der Waals surface area contributed by atoms with Crippen LogP contribution in [0.5, 0.6) is 0 Å². The van der Waals surface area contributed by atoms with E-state index in [2.05, 4.69) is 32.7 Å². The van der Waals surface area contributed by atoms with Gasteiger partial charge >= 0.3 is 0 Å². The second-order valence-corrected chi connectivity index (χ2v) is 5.40. The molecule has 3 heteroatoms. The third-order valence-electron chi connectivity index (χ3n) is 2.79. The van der Waals surface area contributed by atoms with Gasteiger partial charge < -0.3 is 15.4 Å². The van der Waals surface area contributed by atoms with Gasteiger partial charge in [0.25, 0.3) is 0 Å². The van der Waals surface area contributed by atoms with Crippen molar-refractivity contribution in [2.75, 3.05) is 26.7 Å². The molecule has 0 aliphatic carbocycles. The van der Waals surface area contributed by atoms with Crippen LogP contribution in [0.25, 0.3) is 0 Å². The molecule has 0 bridgehead atoms. The maximum Gasteiger partial charge on any atom is 0.0835 e. The van der Waals surface area contributed by atoms with Crippen molar-refractivity contribution in [3.63, 3.8) is 0 Å². The SMILES string of the molecule is CN1CCC(CN)(OC(C)(C)C)CC1. The van der Waals surface area contributed by atoms with Crippen molar-refractivity contribution in [2.45, 2.75) is 44.8 Å². The summed E-state index contributed by atoms with van der Waals surface area (Å²) in [6, 6.07) is 0. The van der Waals surface area contributed by atoms with Gasteiger partial charge in [0.2, 0.25) is 0 Å². The van der Waals surface area contributed by atoms with Crippen LogP contribution in [0.2, 0.25) is 0 Å². The Bertz CT molecular complexity index is 178.